The number of hydrogen-bond acceptors (Lipinski definition) is 7. The van der Waals surface area contributed by atoms with Crippen molar-refractivity contribution in [1.82, 2.24) is 4.90 Å². The predicted octanol–water partition coefficient (Wildman–Crippen LogP) is 0.665. The highest BCUT2D eigenvalue weighted by molar-refractivity contribution is 5.88. The van der Waals surface area contributed by atoms with Gasteiger partial charge in [0.05, 0.1) is 27.8 Å². The summed E-state index contributed by atoms with van der Waals surface area (Å²) in [6.45, 7) is -0.0100. The number of hydrogen-bond donors (Lipinski definition) is 1. The molecule has 9 nitrogen and oxygen atoms in total. The van der Waals surface area contributed by atoms with Crippen LogP contribution in [-0.2, 0) is 25.5 Å². The smallest absolute Gasteiger partial charge is 0.310 e. The van der Waals surface area contributed by atoms with Gasteiger partial charge in [-0.05, 0) is 37.0 Å². The van der Waals surface area contributed by atoms with Gasteiger partial charge in [-0.15, -0.1) is 0 Å². The molecule has 2 rings (SSSR count). The maximum absolute atomic E-state index is 12.3. The van der Waals surface area contributed by atoms with Gasteiger partial charge in [-0.1, -0.05) is 0 Å². The van der Waals surface area contributed by atoms with Crippen molar-refractivity contribution in [1.29, 1.82) is 0 Å². The van der Waals surface area contributed by atoms with Crippen LogP contribution in [-0.4, -0.2) is 63.2 Å². The van der Waals surface area contributed by atoms with Crippen LogP contribution in [0.4, 0.5) is 0 Å². The van der Waals surface area contributed by atoms with Crippen LogP contribution in [0.25, 0.3) is 0 Å². The monoisotopic (exact) mass is 394 g/mol. The highest BCUT2D eigenvalue weighted by Gasteiger charge is 2.31. The highest BCUT2D eigenvalue weighted by Crippen LogP contribution is 2.38. The van der Waals surface area contributed by atoms with Crippen LogP contribution in [0.15, 0.2) is 12.1 Å². The molecule has 9 heteroatoms. The van der Waals surface area contributed by atoms with Crippen molar-refractivity contribution < 1.29 is 33.3 Å². The summed E-state index contributed by atoms with van der Waals surface area (Å²) in [5, 5.41) is 0. The van der Waals surface area contributed by atoms with E-state index in [9.17, 15) is 14.4 Å². The highest BCUT2D eigenvalue weighted by atomic mass is 16.5. The lowest BCUT2D eigenvalue weighted by atomic mass is 10.0. The van der Waals surface area contributed by atoms with Crippen molar-refractivity contribution in [3.8, 4) is 17.2 Å². The van der Waals surface area contributed by atoms with Gasteiger partial charge in [-0.2, -0.15) is 0 Å². The minimum absolute atomic E-state index is 0.0801. The van der Waals surface area contributed by atoms with Crippen molar-refractivity contribution in [2.24, 2.45) is 5.73 Å². The molecule has 1 aromatic rings. The maximum atomic E-state index is 12.3. The summed E-state index contributed by atoms with van der Waals surface area (Å²) in [6.07, 6.45) is 2.07. The summed E-state index contributed by atoms with van der Waals surface area (Å²) >= 11 is 0. The molecule has 1 aliphatic rings. The number of nitrogens with two attached hydrogens (primary N) is 1. The first-order valence-corrected chi connectivity index (χ1v) is 8.94. The average Bonchev–Trinajstić information content (AvgIpc) is 2.71. The summed E-state index contributed by atoms with van der Waals surface area (Å²) in [7, 11) is 4.44. The number of benzene rings is 1. The second-order valence-electron chi connectivity index (χ2n) is 6.37. The van der Waals surface area contributed by atoms with Crippen molar-refractivity contribution in [3.05, 3.63) is 17.7 Å². The standard InChI is InChI=1S/C19H26N2O7/c1-25-14-8-12(9-15(26-2)18(14)27-3)10-17(23)28-11-16(22)21-7-5-4-6-13(21)19(20)24/h8-9,13H,4-7,10-11H2,1-3H3,(H2,20,24)/t13-/m1/s1. The largest absolute Gasteiger partial charge is 0.493 e. The minimum atomic E-state index is -0.643. The Morgan fingerprint density at radius 1 is 1.07 bits per heavy atom. The van der Waals surface area contributed by atoms with E-state index in [4.69, 9.17) is 24.7 Å². The summed E-state index contributed by atoms with van der Waals surface area (Å²) in [6, 6.07) is 2.63. The maximum Gasteiger partial charge on any atom is 0.310 e. The van der Waals surface area contributed by atoms with E-state index < -0.39 is 30.4 Å². The van der Waals surface area contributed by atoms with Crippen LogP contribution in [0, 0.1) is 0 Å². The summed E-state index contributed by atoms with van der Waals surface area (Å²) < 4.78 is 20.8. The van der Waals surface area contributed by atoms with Gasteiger partial charge in [-0.25, -0.2) is 0 Å². The fourth-order valence-electron chi connectivity index (χ4n) is 3.21. The topological polar surface area (TPSA) is 117 Å². The molecule has 154 valence electrons. The van der Waals surface area contributed by atoms with Crippen LogP contribution in [0.1, 0.15) is 24.8 Å². The van der Waals surface area contributed by atoms with Crippen LogP contribution in [0.2, 0.25) is 0 Å². The summed E-state index contributed by atoms with van der Waals surface area (Å²) in [5.41, 5.74) is 5.94. The van der Waals surface area contributed by atoms with Crippen LogP contribution < -0.4 is 19.9 Å². The number of amides is 2. The second kappa shape index (κ2) is 9.82. The van der Waals surface area contributed by atoms with Crippen molar-refractivity contribution >= 4 is 17.8 Å². The van der Waals surface area contributed by atoms with Gasteiger partial charge in [0.1, 0.15) is 6.04 Å². The third kappa shape index (κ3) is 5.05. The number of piperidine rings is 1. The van der Waals surface area contributed by atoms with Crippen LogP contribution >= 0.6 is 0 Å². The van der Waals surface area contributed by atoms with E-state index in [-0.39, 0.29) is 6.42 Å². The number of esters is 1. The van der Waals surface area contributed by atoms with Gasteiger partial charge in [-0.3, -0.25) is 14.4 Å². The Balaban J connectivity index is 1.98. The van der Waals surface area contributed by atoms with E-state index in [1.54, 1.807) is 12.1 Å². The lowest BCUT2D eigenvalue weighted by Crippen LogP contribution is -2.51. The van der Waals surface area contributed by atoms with Crippen LogP contribution in [0.5, 0.6) is 17.2 Å². The normalized spacial score (nSPS) is 16.2. The lowest BCUT2D eigenvalue weighted by molar-refractivity contribution is -0.154. The molecule has 1 aliphatic heterocycles. The van der Waals surface area contributed by atoms with Gasteiger partial charge < -0.3 is 29.6 Å². The van der Waals surface area contributed by atoms with Crippen molar-refractivity contribution in [2.45, 2.75) is 31.7 Å². The first kappa shape index (κ1) is 21.3. The number of rotatable bonds is 8. The molecular weight excluding hydrogens is 368 g/mol. The molecule has 0 spiro atoms. The second-order valence-corrected chi connectivity index (χ2v) is 6.37. The van der Waals surface area contributed by atoms with Gasteiger partial charge >= 0.3 is 5.97 Å². The summed E-state index contributed by atoms with van der Waals surface area (Å²) in [5.74, 6) is -0.314. The average molecular weight is 394 g/mol. The number of ether oxygens (including phenoxy) is 4. The molecule has 0 radical (unpaired) electrons. The van der Waals surface area contributed by atoms with Gasteiger partial charge in [0.15, 0.2) is 18.1 Å². The number of nitrogens with zero attached hydrogens (tertiary/aromatic N) is 1. The van der Waals surface area contributed by atoms with E-state index in [2.05, 4.69) is 0 Å². The molecule has 1 saturated heterocycles. The molecular formula is C19H26N2O7. The zero-order chi connectivity index (χ0) is 20.7. The molecule has 0 aromatic heterocycles. The number of carbonyl (C=O) groups is 3. The Labute approximate surface area is 163 Å². The van der Waals surface area contributed by atoms with Crippen LogP contribution in [0.3, 0.4) is 0 Å². The van der Waals surface area contributed by atoms with E-state index in [1.807, 2.05) is 0 Å². The minimum Gasteiger partial charge on any atom is -0.493 e. The van der Waals surface area contributed by atoms with E-state index in [0.29, 0.717) is 35.8 Å². The SMILES string of the molecule is COc1cc(CC(=O)OCC(=O)N2CCCC[C@@H]2C(N)=O)cc(OC)c1OC. The zero-order valence-corrected chi connectivity index (χ0v) is 16.4. The molecule has 0 bridgehead atoms. The van der Waals surface area contributed by atoms with Gasteiger partial charge in [0, 0.05) is 6.54 Å². The molecule has 1 fully saturated rings. The fourth-order valence-corrected chi connectivity index (χ4v) is 3.21. The first-order valence-electron chi connectivity index (χ1n) is 8.94. The number of primary amides is 1. The Morgan fingerprint density at radius 3 is 2.25 bits per heavy atom. The zero-order valence-electron chi connectivity index (χ0n) is 16.4. The molecule has 28 heavy (non-hydrogen) atoms. The molecule has 1 heterocycles. The molecule has 1 aromatic carbocycles. The van der Waals surface area contributed by atoms with E-state index >= 15 is 0 Å². The Kier molecular flexibility index (Phi) is 7.48. The molecule has 0 aliphatic carbocycles. The predicted molar refractivity (Wildman–Crippen MR) is 99.3 cm³/mol. The molecule has 0 unspecified atom stereocenters. The number of likely N-dealkylation sites (tertiary alicyclic amines) is 1. The van der Waals surface area contributed by atoms with Gasteiger partial charge in [0.25, 0.3) is 5.91 Å². The Bertz CT molecular complexity index is 710. The fraction of sp³-hybridized carbons (Fsp3) is 0.526. The first-order chi connectivity index (χ1) is 13.4. The Morgan fingerprint density at radius 2 is 1.71 bits per heavy atom. The third-order valence-electron chi connectivity index (χ3n) is 4.58. The molecule has 2 amide bonds. The number of carbonyl (C=O) groups excluding carboxylic acids is 3. The summed E-state index contributed by atoms with van der Waals surface area (Å²) in [4.78, 5) is 37.4. The Hall–Kier alpha value is -2.97. The molecule has 0 saturated carbocycles. The lowest BCUT2D eigenvalue weighted by Gasteiger charge is -2.33. The third-order valence-corrected chi connectivity index (χ3v) is 4.58. The van der Waals surface area contributed by atoms with E-state index in [1.165, 1.54) is 26.2 Å². The van der Waals surface area contributed by atoms with Gasteiger partial charge in [0.2, 0.25) is 11.7 Å². The number of methoxy groups -OCH3 is 3. The quantitative estimate of drug-likeness (QED) is 0.644. The molecule has 1 atom stereocenters. The molecule has 2 N–H and O–H groups in total. The van der Waals surface area contributed by atoms with E-state index in [0.717, 1.165) is 12.8 Å². The van der Waals surface area contributed by atoms with Crippen molar-refractivity contribution in [2.75, 3.05) is 34.5 Å². The van der Waals surface area contributed by atoms with Crippen molar-refractivity contribution in [3.63, 3.8) is 0 Å².